The number of thiophene rings is 1. The second-order valence-electron chi connectivity index (χ2n) is 5.61. The highest BCUT2D eigenvalue weighted by atomic mass is 32.2. The summed E-state index contributed by atoms with van der Waals surface area (Å²) in [7, 11) is 0. The number of carbonyl (C=O) groups is 3. The van der Waals surface area contributed by atoms with Crippen molar-refractivity contribution in [2.24, 2.45) is 0 Å². The van der Waals surface area contributed by atoms with E-state index in [0.717, 1.165) is 4.88 Å². The SMILES string of the molecule is C[C@@H](C(=O)Nc1ccc(C(=O)O)cc1)N1C(=O)/C(=C\c2cccs2)SC1=S. The number of carboxylic acid groups (broad SMARTS) is 1. The van der Waals surface area contributed by atoms with Crippen LogP contribution in [0.15, 0.2) is 46.7 Å². The van der Waals surface area contributed by atoms with Crippen molar-refractivity contribution in [1.82, 2.24) is 4.90 Å². The molecule has 1 aliphatic rings. The summed E-state index contributed by atoms with van der Waals surface area (Å²) in [4.78, 5) is 38.8. The van der Waals surface area contributed by atoms with Gasteiger partial charge in [0.2, 0.25) is 5.91 Å². The number of hydrogen-bond donors (Lipinski definition) is 2. The lowest BCUT2D eigenvalue weighted by molar-refractivity contribution is -0.129. The van der Waals surface area contributed by atoms with E-state index in [1.165, 1.54) is 52.3 Å². The number of carbonyl (C=O) groups excluding carboxylic acids is 2. The maximum Gasteiger partial charge on any atom is 0.335 e. The first kappa shape index (κ1) is 19.3. The van der Waals surface area contributed by atoms with Gasteiger partial charge in [-0.25, -0.2) is 4.79 Å². The van der Waals surface area contributed by atoms with Crippen molar-refractivity contribution >= 4 is 69.2 Å². The number of amides is 2. The Hall–Kier alpha value is -2.49. The lowest BCUT2D eigenvalue weighted by Gasteiger charge is -2.22. The van der Waals surface area contributed by atoms with Gasteiger partial charge in [0.1, 0.15) is 10.4 Å². The minimum absolute atomic E-state index is 0.122. The Labute approximate surface area is 168 Å². The molecule has 1 aliphatic heterocycles. The van der Waals surface area contributed by atoms with Crippen LogP contribution < -0.4 is 5.32 Å². The van der Waals surface area contributed by atoms with Crippen molar-refractivity contribution < 1.29 is 19.5 Å². The van der Waals surface area contributed by atoms with E-state index in [2.05, 4.69) is 5.32 Å². The zero-order valence-electron chi connectivity index (χ0n) is 14.0. The molecule has 2 amide bonds. The molecule has 0 aliphatic carbocycles. The fraction of sp³-hybridized carbons (Fsp3) is 0.111. The quantitative estimate of drug-likeness (QED) is 0.569. The van der Waals surface area contributed by atoms with Crippen LogP contribution in [0.5, 0.6) is 0 Å². The third kappa shape index (κ3) is 4.26. The van der Waals surface area contributed by atoms with Crippen molar-refractivity contribution in [2.45, 2.75) is 13.0 Å². The van der Waals surface area contributed by atoms with Gasteiger partial charge in [-0.1, -0.05) is 30.0 Å². The molecule has 0 spiro atoms. The van der Waals surface area contributed by atoms with Crippen LogP contribution >= 0.6 is 35.3 Å². The predicted molar refractivity (Wildman–Crippen MR) is 111 cm³/mol. The van der Waals surface area contributed by atoms with Crippen molar-refractivity contribution in [3.05, 3.63) is 57.1 Å². The smallest absolute Gasteiger partial charge is 0.335 e. The minimum Gasteiger partial charge on any atom is -0.478 e. The average molecular weight is 419 g/mol. The number of aromatic carboxylic acids is 1. The Balaban J connectivity index is 1.71. The van der Waals surface area contributed by atoms with Crippen molar-refractivity contribution in [2.75, 3.05) is 5.32 Å². The van der Waals surface area contributed by atoms with Gasteiger partial charge in [-0.2, -0.15) is 0 Å². The Morgan fingerprint density at radius 2 is 1.96 bits per heavy atom. The molecule has 2 aromatic rings. The molecule has 1 atom stereocenters. The van der Waals surface area contributed by atoms with Crippen LogP contribution in [0.2, 0.25) is 0 Å². The number of thioether (sulfide) groups is 1. The van der Waals surface area contributed by atoms with Crippen LogP contribution in [-0.2, 0) is 9.59 Å². The van der Waals surface area contributed by atoms with Gasteiger partial charge in [-0.15, -0.1) is 11.3 Å². The second kappa shape index (κ2) is 8.03. The highest BCUT2D eigenvalue weighted by Crippen LogP contribution is 2.34. The molecular formula is C18H14N2O4S3. The highest BCUT2D eigenvalue weighted by molar-refractivity contribution is 8.26. The summed E-state index contributed by atoms with van der Waals surface area (Å²) in [5.74, 6) is -1.76. The number of thiocarbonyl (C=S) groups is 1. The van der Waals surface area contributed by atoms with Crippen LogP contribution in [0.25, 0.3) is 6.08 Å². The first-order chi connectivity index (χ1) is 12.9. The molecule has 27 heavy (non-hydrogen) atoms. The summed E-state index contributed by atoms with van der Waals surface area (Å²) in [6.07, 6.45) is 1.76. The molecule has 1 aromatic carbocycles. The average Bonchev–Trinajstić information content (AvgIpc) is 3.23. The van der Waals surface area contributed by atoms with E-state index in [1.54, 1.807) is 13.0 Å². The molecule has 1 aromatic heterocycles. The number of carboxylic acids is 1. The number of benzene rings is 1. The van der Waals surface area contributed by atoms with Crippen LogP contribution in [0, 0.1) is 0 Å². The Morgan fingerprint density at radius 1 is 1.26 bits per heavy atom. The van der Waals surface area contributed by atoms with Gasteiger partial charge in [0.15, 0.2) is 0 Å². The normalized spacial score (nSPS) is 16.6. The van der Waals surface area contributed by atoms with E-state index >= 15 is 0 Å². The molecule has 1 saturated heterocycles. The van der Waals surface area contributed by atoms with Crippen LogP contribution in [-0.4, -0.2) is 38.2 Å². The van der Waals surface area contributed by atoms with Gasteiger partial charge in [0.25, 0.3) is 5.91 Å². The van der Waals surface area contributed by atoms with Crippen LogP contribution in [0.3, 0.4) is 0 Å². The minimum atomic E-state index is -1.05. The van der Waals surface area contributed by atoms with E-state index < -0.39 is 17.9 Å². The first-order valence-corrected chi connectivity index (χ1v) is 9.92. The van der Waals surface area contributed by atoms with E-state index in [9.17, 15) is 14.4 Å². The van der Waals surface area contributed by atoms with Gasteiger partial charge < -0.3 is 10.4 Å². The van der Waals surface area contributed by atoms with E-state index in [-0.39, 0.29) is 11.5 Å². The van der Waals surface area contributed by atoms with Crippen molar-refractivity contribution in [3.8, 4) is 0 Å². The third-order valence-corrected chi connectivity index (χ3v) is 5.96. The summed E-state index contributed by atoms with van der Waals surface area (Å²) >= 11 is 7.96. The standard InChI is InChI=1S/C18H14N2O4S3/c1-10(15(21)19-12-6-4-11(5-7-12)17(23)24)20-16(22)14(27-18(20)25)9-13-3-2-8-26-13/h2-10H,1H3,(H,19,21)(H,23,24)/b14-9+/t10-/m0/s1. The fourth-order valence-electron chi connectivity index (χ4n) is 2.38. The maximum absolute atomic E-state index is 12.7. The molecule has 0 radical (unpaired) electrons. The monoisotopic (exact) mass is 418 g/mol. The lowest BCUT2D eigenvalue weighted by atomic mass is 10.2. The molecule has 3 rings (SSSR count). The second-order valence-corrected chi connectivity index (χ2v) is 8.27. The number of nitrogens with one attached hydrogen (secondary N) is 1. The Kier molecular flexibility index (Phi) is 5.73. The molecule has 9 heteroatoms. The molecule has 2 heterocycles. The Bertz CT molecular complexity index is 936. The van der Waals surface area contributed by atoms with Gasteiger partial charge in [0.05, 0.1) is 10.5 Å². The number of hydrogen-bond acceptors (Lipinski definition) is 6. The summed E-state index contributed by atoms with van der Waals surface area (Å²) in [5.41, 5.74) is 0.563. The van der Waals surface area contributed by atoms with E-state index in [1.807, 2.05) is 17.5 Å². The van der Waals surface area contributed by atoms with Gasteiger partial charge in [-0.3, -0.25) is 14.5 Å². The molecular weight excluding hydrogens is 404 g/mol. The fourth-order valence-corrected chi connectivity index (χ4v) is 4.52. The summed E-state index contributed by atoms with van der Waals surface area (Å²) in [6, 6.07) is 8.77. The van der Waals surface area contributed by atoms with Gasteiger partial charge in [-0.05, 0) is 48.7 Å². The van der Waals surface area contributed by atoms with E-state index in [4.69, 9.17) is 17.3 Å². The molecule has 138 valence electrons. The van der Waals surface area contributed by atoms with Crippen LogP contribution in [0.1, 0.15) is 22.2 Å². The first-order valence-electron chi connectivity index (χ1n) is 7.81. The summed E-state index contributed by atoms with van der Waals surface area (Å²) < 4.78 is 0.326. The molecule has 2 N–H and O–H groups in total. The van der Waals surface area contributed by atoms with Crippen molar-refractivity contribution in [3.63, 3.8) is 0 Å². The molecule has 0 bridgehead atoms. The van der Waals surface area contributed by atoms with Gasteiger partial charge >= 0.3 is 5.97 Å². The molecule has 0 unspecified atom stereocenters. The maximum atomic E-state index is 12.7. The number of rotatable bonds is 5. The van der Waals surface area contributed by atoms with Gasteiger partial charge in [0, 0.05) is 10.6 Å². The predicted octanol–water partition coefficient (Wildman–Crippen LogP) is 3.67. The topological polar surface area (TPSA) is 86.7 Å². The highest BCUT2D eigenvalue weighted by Gasteiger charge is 2.38. The van der Waals surface area contributed by atoms with E-state index in [0.29, 0.717) is 14.9 Å². The zero-order chi connectivity index (χ0) is 19.6. The Morgan fingerprint density at radius 3 is 2.56 bits per heavy atom. The number of nitrogens with zero attached hydrogens (tertiary/aromatic N) is 1. The summed E-state index contributed by atoms with van der Waals surface area (Å²) in [5, 5.41) is 13.5. The zero-order valence-corrected chi connectivity index (χ0v) is 16.5. The van der Waals surface area contributed by atoms with Crippen molar-refractivity contribution in [1.29, 1.82) is 0 Å². The molecule has 1 fully saturated rings. The lowest BCUT2D eigenvalue weighted by Crippen LogP contribution is -2.44. The molecule has 6 nitrogen and oxygen atoms in total. The molecule has 0 saturated carbocycles. The number of anilines is 1. The third-order valence-electron chi connectivity index (χ3n) is 3.81. The summed E-state index contributed by atoms with van der Waals surface area (Å²) in [6.45, 7) is 1.60. The largest absolute Gasteiger partial charge is 0.478 e. The van der Waals surface area contributed by atoms with Crippen LogP contribution in [0.4, 0.5) is 5.69 Å².